The second kappa shape index (κ2) is 8.55. The molecule has 6 heteroatoms. The summed E-state index contributed by atoms with van der Waals surface area (Å²) in [6.45, 7) is 2.99. The van der Waals surface area contributed by atoms with Crippen LogP contribution in [-0.4, -0.2) is 32.1 Å². The van der Waals surface area contributed by atoms with Crippen molar-refractivity contribution in [2.24, 2.45) is 0 Å². The first-order valence-corrected chi connectivity index (χ1v) is 9.33. The zero-order chi connectivity index (χ0) is 19.4. The van der Waals surface area contributed by atoms with E-state index in [2.05, 4.69) is 5.32 Å². The van der Waals surface area contributed by atoms with Gasteiger partial charge in [-0.15, -0.1) is 0 Å². The zero-order valence-corrected chi connectivity index (χ0v) is 16.3. The Kier molecular flexibility index (Phi) is 6.14. The van der Waals surface area contributed by atoms with Gasteiger partial charge in [-0.1, -0.05) is 17.7 Å². The van der Waals surface area contributed by atoms with E-state index >= 15 is 0 Å². The van der Waals surface area contributed by atoms with Crippen LogP contribution < -0.4 is 10.2 Å². The number of fused-ring (bicyclic) bond motifs is 2. The number of carbonyl (C=O) groups is 2. The van der Waals surface area contributed by atoms with E-state index in [1.165, 1.54) is 0 Å². The van der Waals surface area contributed by atoms with E-state index in [0.717, 1.165) is 35.2 Å². The number of rotatable bonds is 4. The standard InChI is InChI=1S/C21H23ClN2O3/c1-14(25)24-13-18-6-5-17(21(26)23-9-10-27-2)11-15(18)3-4-16-12-19(22)7-8-20(16)24/h5-8,11-12H,3-4,9-10,13H2,1-2H3,(H,23,26). The van der Waals surface area contributed by atoms with Gasteiger partial charge in [0.25, 0.3) is 5.91 Å². The Morgan fingerprint density at radius 3 is 2.63 bits per heavy atom. The molecule has 0 radical (unpaired) electrons. The highest BCUT2D eigenvalue weighted by Gasteiger charge is 2.21. The fourth-order valence-electron chi connectivity index (χ4n) is 3.35. The molecule has 0 unspecified atom stereocenters. The summed E-state index contributed by atoms with van der Waals surface area (Å²) < 4.78 is 4.96. The van der Waals surface area contributed by atoms with Crippen LogP contribution in [0.3, 0.4) is 0 Å². The number of benzene rings is 2. The van der Waals surface area contributed by atoms with Crippen LogP contribution in [0.1, 0.15) is 34.0 Å². The molecule has 1 N–H and O–H groups in total. The predicted molar refractivity (Wildman–Crippen MR) is 106 cm³/mol. The van der Waals surface area contributed by atoms with Crippen molar-refractivity contribution in [2.75, 3.05) is 25.2 Å². The Hall–Kier alpha value is -2.37. The minimum absolute atomic E-state index is 0.0205. The Morgan fingerprint density at radius 1 is 1.11 bits per heavy atom. The van der Waals surface area contributed by atoms with E-state index in [9.17, 15) is 9.59 Å². The number of hydrogen-bond donors (Lipinski definition) is 1. The quantitative estimate of drug-likeness (QED) is 0.819. The first-order chi connectivity index (χ1) is 13.0. The van der Waals surface area contributed by atoms with Crippen molar-refractivity contribution in [1.82, 2.24) is 5.32 Å². The molecule has 0 aliphatic carbocycles. The highest BCUT2D eigenvalue weighted by atomic mass is 35.5. The number of methoxy groups -OCH3 is 1. The van der Waals surface area contributed by atoms with Gasteiger partial charge in [0.2, 0.25) is 5.91 Å². The molecule has 2 amide bonds. The van der Waals surface area contributed by atoms with Crippen LogP contribution in [0.2, 0.25) is 5.02 Å². The van der Waals surface area contributed by atoms with Crippen LogP contribution in [-0.2, 0) is 28.9 Å². The summed E-state index contributed by atoms with van der Waals surface area (Å²) in [4.78, 5) is 26.4. The molecule has 27 heavy (non-hydrogen) atoms. The number of amides is 2. The summed E-state index contributed by atoms with van der Waals surface area (Å²) in [5.41, 5.74) is 4.69. The van der Waals surface area contributed by atoms with E-state index in [0.29, 0.717) is 30.3 Å². The molecule has 3 rings (SSSR count). The number of anilines is 1. The van der Waals surface area contributed by atoms with Gasteiger partial charge in [0.1, 0.15) is 0 Å². The number of aryl methyl sites for hydroxylation is 2. The van der Waals surface area contributed by atoms with Gasteiger partial charge < -0.3 is 15.0 Å². The largest absolute Gasteiger partial charge is 0.383 e. The molecular formula is C21H23ClN2O3. The van der Waals surface area contributed by atoms with Gasteiger partial charge in [0.15, 0.2) is 0 Å². The van der Waals surface area contributed by atoms with Crippen LogP contribution in [0.25, 0.3) is 0 Å². The monoisotopic (exact) mass is 386 g/mol. The second-order valence-corrected chi connectivity index (χ2v) is 7.05. The number of nitrogens with one attached hydrogen (secondary N) is 1. The minimum Gasteiger partial charge on any atom is -0.383 e. The molecule has 1 heterocycles. The van der Waals surface area contributed by atoms with Crippen molar-refractivity contribution in [3.8, 4) is 0 Å². The van der Waals surface area contributed by atoms with E-state index in [-0.39, 0.29) is 11.8 Å². The normalized spacial score (nSPS) is 13.2. The van der Waals surface area contributed by atoms with E-state index < -0.39 is 0 Å². The molecule has 5 nitrogen and oxygen atoms in total. The maximum absolute atomic E-state index is 12.3. The molecule has 142 valence electrons. The summed E-state index contributed by atoms with van der Waals surface area (Å²) >= 11 is 6.16. The lowest BCUT2D eigenvalue weighted by atomic mass is 9.93. The summed E-state index contributed by atoms with van der Waals surface area (Å²) in [6, 6.07) is 11.3. The van der Waals surface area contributed by atoms with E-state index in [1.54, 1.807) is 18.9 Å². The number of carbonyl (C=O) groups excluding carboxylic acids is 2. The Labute approximate surface area is 164 Å². The predicted octanol–water partition coefficient (Wildman–Crippen LogP) is 3.37. The topological polar surface area (TPSA) is 58.6 Å². The summed E-state index contributed by atoms with van der Waals surface area (Å²) in [7, 11) is 1.60. The third-order valence-corrected chi connectivity index (χ3v) is 5.00. The average Bonchev–Trinajstić information content (AvgIpc) is 2.63. The number of hydrogen-bond acceptors (Lipinski definition) is 3. The lowest BCUT2D eigenvalue weighted by Gasteiger charge is -2.28. The molecule has 0 atom stereocenters. The van der Waals surface area contributed by atoms with Crippen molar-refractivity contribution in [3.05, 3.63) is 63.7 Å². The molecule has 1 aliphatic heterocycles. The van der Waals surface area contributed by atoms with Gasteiger partial charge in [-0.2, -0.15) is 0 Å². The van der Waals surface area contributed by atoms with Gasteiger partial charge in [-0.3, -0.25) is 9.59 Å². The van der Waals surface area contributed by atoms with Gasteiger partial charge in [0, 0.05) is 36.9 Å². The first-order valence-electron chi connectivity index (χ1n) is 8.95. The molecule has 0 saturated carbocycles. The van der Waals surface area contributed by atoms with Gasteiger partial charge in [-0.25, -0.2) is 0 Å². The maximum atomic E-state index is 12.3. The maximum Gasteiger partial charge on any atom is 0.251 e. The van der Waals surface area contributed by atoms with Crippen molar-refractivity contribution < 1.29 is 14.3 Å². The molecule has 0 spiro atoms. The molecule has 0 aromatic heterocycles. The van der Waals surface area contributed by atoms with E-state index in [4.69, 9.17) is 16.3 Å². The molecular weight excluding hydrogens is 364 g/mol. The summed E-state index contributed by atoms with van der Waals surface area (Å²) in [6.07, 6.45) is 1.54. The molecule has 0 fully saturated rings. The molecule has 0 bridgehead atoms. The highest BCUT2D eigenvalue weighted by Crippen LogP contribution is 2.31. The van der Waals surface area contributed by atoms with Gasteiger partial charge >= 0.3 is 0 Å². The molecule has 1 aliphatic rings. The van der Waals surface area contributed by atoms with Gasteiger partial charge in [0.05, 0.1) is 13.2 Å². The Morgan fingerprint density at radius 2 is 1.89 bits per heavy atom. The lowest BCUT2D eigenvalue weighted by molar-refractivity contribution is -0.116. The minimum atomic E-state index is -0.122. The smallest absolute Gasteiger partial charge is 0.251 e. The number of nitrogens with zero attached hydrogens (tertiary/aromatic N) is 1. The lowest BCUT2D eigenvalue weighted by Crippen LogP contribution is -2.31. The molecule has 2 aromatic carbocycles. The van der Waals surface area contributed by atoms with Crippen LogP contribution in [0.4, 0.5) is 5.69 Å². The van der Waals surface area contributed by atoms with Crippen molar-refractivity contribution in [1.29, 1.82) is 0 Å². The Bertz CT molecular complexity index is 867. The van der Waals surface area contributed by atoms with Crippen LogP contribution in [0, 0.1) is 0 Å². The van der Waals surface area contributed by atoms with Gasteiger partial charge in [-0.05, 0) is 59.9 Å². The van der Waals surface area contributed by atoms with Crippen molar-refractivity contribution >= 4 is 29.1 Å². The highest BCUT2D eigenvalue weighted by molar-refractivity contribution is 6.30. The average molecular weight is 387 g/mol. The second-order valence-electron chi connectivity index (χ2n) is 6.61. The van der Waals surface area contributed by atoms with E-state index in [1.807, 2.05) is 36.4 Å². The fraction of sp³-hybridized carbons (Fsp3) is 0.333. The van der Waals surface area contributed by atoms with Crippen LogP contribution in [0.15, 0.2) is 36.4 Å². The van der Waals surface area contributed by atoms with Crippen molar-refractivity contribution in [2.45, 2.75) is 26.3 Å². The number of halogens is 1. The third-order valence-electron chi connectivity index (χ3n) is 4.76. The Balaban J connectivity index is 1.90. The number of ether oxygens (including phenoxy) is 1. The van der Waals surface area contributed by atoms with Crippen molar-refractivity contribution in [3.63, 3.8) is 0 Å². The first kappa shape index (κ1) is 19.4. The van der Waals surface area contributed by atoms with Crippen LogP contribution in [0.5, 0.6) is 0 Å². The summed E-state index contributed by atoms with van der Waals surface area (Å²) in [5.74, 6) is -0.142. The summed E-state index contributed by atoms with van der Waals surface area (Å²) in [5, 5.41) is 3.50. The zero-order valence-electron chi connectivity index (χ0n) is 15.5. The SMILES string of the molecule is COCCNC(=O)c1ccc2c(c1)CCc1cc(Cl)ccc1N(C(C)=O)C2. The van der Waals surface area contributed by atoms with Crippen LogP contribution >= 0.6 is 11.6 Å². The third kappa shape index (κ3) is 4.49. The fourth-order valence-corrected chi connectivity index (χ4v) is 3.54. The molecule has 2 aromatic rings. The molecule has 0 saturated heterocycles.